The molecule has 7 heteroatoms. The summed E-state index contributed by atoms with van der Waals surface area (Å²) in [5.41, 5.74) is 0.926. The van der Waals surface area contributed by atoms with Crippen molar-refractivity contribution in [1.82, 2.24) is 14.9 Å². The Kier molecular flexibility index (Phi) is 4.36. The Labute approximate surface area is 107 Å². The van der Waals surface area contributed by atoms with E-state index in [1.807, 2.05) is 10.8 Å². The van der Waals surface area contributed by atoms with Crippen molar-refractivity contribution in [2.45, 2.75) is 19.0 Å². The van der Waals surface area contributed by atoms with Crippen LogP contribution in [-0.4, -0.2) is 49.7 Å². The lowest BCUT2D eigenvalue weighted by Crippen LogP contribution is -2.18. The van der Waals surface area contributed by atoms with E-state index in [0.717, 1.165) is 12.2 Å². The maximum absolute atomic E-state index is 11.4. The third-order valence-electron chi connectivity index (χ3n) is 3.07. The predicted octanol–water partition coefficient (Wildman–Crippen LogP) is -0.0213. The smallest absolute Gasteiger partial charge is 0.152 e. The van der Waals surface area contributed by atoms with Crippen LogP contribution in [0, 0.1) is 0 Å². The second-order valence-electron chi connectivity index (χ2n) is 4.54. The first-order chi connectivity index (χ1) is 8.61. The molecule has 1 atom stereocenters. The van der Waals surface area contributed by atoms with Crippen molar-refractivity contribution in [3.8, 4) is 0 Å². The largest absolute Gasteiger partial charge is 0.383 e. The first-order valence-electron chi connectivity index (χ1n) is 6.03. The van der Waals surface area contributed by atoms with Crippen LogP contribution < -0.4 is 5.32 Å². The topological polar surface area (TPSA) is 73.2 Å². The minimum atomic E-state index is -2.84. The van der Waals surface area contributed by atoms with Crippen molar-refractivity contribution < 1.29 is 13.2 Å². The fourth-order valence-corrected chi connectivity index (χ4v) is 3.79. The van der Waals surface area contributed by atoms with E-state index < -0.39 is 9.84 Å². The molecule has 0 aliphatic carbocycles. The third-order valence-corrected chi connectivity index (χ3v) is 4.82. The number of sulfone groups is 1. The molecule has 1 N–H and O–H groups in total. The van der Waals surface area contributed by atoms with E-state index in [-0.39, 0.29) is 17.5 Å². The van der Waals surface area contributed by atoms with Gasteiger partial charge in [-0.25, -0.2) is 13.4 Å². The molecule has 0 radical (unpaired) electrons. The zero-order chi connectivity index (χ0) is 13.0. The van der Waals surface area contributed by atoms with E-state index in [0.29, 0.717) is 19.6 Å². The Morgan fingerprint density at radius 3 is 3.11 bits per heavy atom. The van der Waals surface area contributed by atoms with Crippen LogP contribution in [0.15, 0.2) is 12.5 Å². The lowest BCUT2D eigenvalue weighted by Gasteiger charge is -2.08. The summed E-state index contributed by atoms with van der Waals surface area (Å²) in [5, 5.41) is 3.20. The Balaban J connectivity index is 1.86. The molecule has 1 unspecified atom stereocenters. The van der Waals surface area contributed by atoms with Gasteiger partial charge in [0, 0.05) is 32.4 Å². The molecule has 102 valence electrons. The first kappa shape index (κ1) is 13.5. The van der Waals surface area contributed by atoms with Crippen LogP contribution in [0.5, 0.6) is 0 Å². The highest BCUT2D eigenvalue weighted by Crippen LogP contribution is 2.23. The molecular formula is C11H19N3O3S. The van der Waals surface area contributed by atoms with Crippen LogP contribution in [-0.2, 0) is 21.1 Å². The second kappa shape index (κ2) is 5.81. The summed E-state index contributed by atoms with van der Waals surface area (Å²) < 4.78 is 29.7. The SMILES string of the molecule is COCCNCc1cn(C2CCS(=O)(=O)C2)cn1. The summed E-state index contributed by atoms with van der Waals surface area (Å²) >= 11 is 0. The van der Waals surface area contributed by atoms with Crippen molar-refractivity contribution in [2.24, 2.45) is 0 Å². The molecule has 0 spiro atoms. The minimum Gasteiger partial charge on any atom is -0.383 e. The summed E-state index contributed by atoms with van der Waals surface area (Å²) in [6, 6.07) is 0.0511. The second-order valence-corrected chi connectivity index (χ2v) is 6.77. The predicted molar refractivity (Wildman–Crippen MR) is 68.1 cm³/mol. The van der Waals surface area contributed by atoms with Gasteiger partial charge in [0.1, 0.15) is 0 Å². The molecular weight excluding hydrogens is 254 g/mol. The maximum atomic E-state index is 11.4. The molecule has 1 fully saturated rings. The van der Waals surface area contributed by atoms with Gasteiger partial charge in [-0.05, 0) is 6.42 Å². The van der Waals surface area contributed by atoms with Crippen LogP contribution in [0.2, 0.25) is 0 Å². The van der Waals surface area contributed by atoms with E-state index in [2.05, 4.69) is 10.3 Å². The quantitative estimate of drug-likeness (QED) is 0.737. The lowest BCUT2D eigenvalue weighted by atomic mass is 10.2. The molecule has 1 aliphatic heterocycles. The highest BCUT2D eigenvalue weighted by molar-refractivity contribution is 7.91. The number of ether oxygens (including phenoxy) is 1. The fourth-order valence-electron chi connectivity index (χ4n) is 2.07. The molecule has 1 aromatic rings. The molecule has 1 aliphatic rings. The van der Waals surface area contributed by atoms with Crippen LogP contribution in [0.4, 0.5) is 0 Å². The highest BCUT2D eigenvalue weighted by Gasteiger charge is 2.28. The molecule has 0 saturated carbocycles. The molecule has 18 heavy (non-hydrogen) atoms. The Bertz CT molecular complexity index is 483. The molecule has 1 saturated heterocycles. The summed E-state index contributed by atoms with van der Waals surface area (Å²) in [6.07, 6.45) is 4.33. The number of hydrogen-bond acceptors (Lipinski definition) is 5. The molecule has 2 rings (SSSR count). The zero-order valence-corrected chi connectivity index (χ0v) is 11.3. The minimum absolute atomic E-state index is 0.0511. The number of nitrogens with one attached hydrogen (secondary N) is 1. The van der Waals surface area contributed by atoms with Crippen molar-refractivity contribution in [2.75, 3.05) is 31.8 Å². The molecule has 0 amide bonds. The molecule has 2 heterocycles. The number of nitrogens with zero attached hydrogens (tertiary/aromatic N) is 2. The van der Waals surface area contributed by atoms with E-state index in [9.17, 15) is 8.42 Å². The number of hydrogen-bond donors (Lipinski definition) is 1. The van der Waals surface area contributed by atoms with Crippen LogP contribution in [0.3, 0.4) is 0 Å². The highest BCUT2D eigenvalue weighted by atomic mass is 32.2. The van der Waals surface area contributed by atoms with E-state index >= 15 is 0 Å². The maximum Gasteiger partial charge on any atom is 0.152 e. The van der Waals surface area contributed by atoms with Gasteiger partial charge in [0.15, 0.2) is 9.84 Å². The van der Waals surface area contributed by atoms with E-state index in [1.165, 1.54) is 0 Å². The van der Waals surface area contributed by atoms with E-state index in [4.69, 9.17) is 4.74 Å². The van der Waals surface area contributed by atoms with Crippen LogP contribution in [0.25, 0.3) is 0 Å². The Morgan fingerprint density at radius 2 is 2.44 bits per heavy atom. The standard InChI is InChI=1S/C11H19N3O3S/c1-17-4-3-12-6-10-7-14(9-13-10)11-2-5-18(15,16)8-11/h7,9,11-12H,2-6,8H2,1H3. The summed E-state index contributed by atoms with van der Waals surface area (Å²) in [4.78, 5) is 4.27. The van der Waals surface area contributed by atoms with Crippen LogP contribution >= 0.6 is 0 Å². The Hall–Kier alpha value is -0.920. The van der Waals surface area contributed by atoms with Gasteiger partial charge in [0.2, 0.25) is 0 Å². The lowest BCUT2D eigenvalue weighted by molar-refractivity contribution is 0.199. The van der Waals surface area contributed by atoms with Gasteiger partial charge in [0.05, 0.1) is 30.1 Å². The van der Waals surface area contributed by atoms with Gasteiger partial charge in [-0.1, -0.05) is 0 Å². The van der Waals surface area contributed by atoms with Gasteiger partial charge >= 0.3 is 0 Å². The number of aromatic nitrogens is 2. The number of imidazole rings is 1. The fraction of sp³-hybridized carbons (Fsp3) is 0.727. The molecule has 1 aromatic heterocycles. The average Bonchev–Trinajstić information content (AvgIpc) is 2.91. The number of rotatable bonds is 6. The first-order valence-corrected chi connectivity index (χ1v) is 7.85. The van der Waals surface area contributed by atoms with Gasteiger partial charge in [0.25, 0.3) is 0 Å². The van der Waals surface area contributed by atoms with Gasteiger partial charge in [-0.3, -0.25) is 0 Å². The molecule has 0 bridgehead atoms. The summed E-state index contributed by atoms with van der Waals surface area (Å²) in [5.74, 6) is 0.525. The van der Waals surface area contributed by atoms with Crippen LogP contribution in [0.1, 0.15) is 18.2 Å². The number of methoxy groups -OCH3 is 1. The van der Waals surface area contributed by atoms with Gasteiger partial charge < -0.3 is 14.6 Å². The molecule has 0 aromatic carbocycles. The normalized spacial score (nSPS) is 22.4. The third kappa shape index (κ3) is 3.54. The zero-order valence-electron chi connectivity index (χ0n) is 10.5. The molecule has 6 nitrogen and oxygen atoms in total. The van der Waals surface area contributed by atoms with E-state index in [1.54, 1.807) is 13.4 Å². The van der Waals surface area contributed by atoms with Crippen molar-refractivity contribution in [3.05, 3.63) is 18.2 Å². The average molecular weight is 273 g/mol. The van der Waals surface area contributed by atoms with Crippen molar-refractivity contribution >= 4 is 9.84 Å². The van der Waals surface area contributed by atoms with Gasteiger partial charge in [-0.15, -0.1) is 0 Å². The van der Waals surface area contributed by atoms with Crippen molar-refractivity contribution in [1.29, 1.82) is 0 Å². The summed E-state index contributed by atoms with van der Waals surface area (Å²) in [6.45, 7) is 2.12. The van der Waals surface area contributed by atoms with Gasteiger partial charge in [-0.2, -0.15) is 0 Å². The summed E-state index contributed by atoms with van der Waals surface area (Å²) in [7, 11) is -1.18. The Morgan fingerprint density at radius 1 is 1.61 bits per heavy atom. The monoisotopic (exact) mass is 273 g/mol. The van der Waals surface area contributed by atoms with Crippen molar-refractivity contribution in [3.63, 3.8) is 0 Å².